The number of benzene rings is 3. The number of hydrogen-bond donors (Lipinski definition) is 1. The Morgan fingerprint density at radius 1 is 0.882 bits per heavy atom. The van der Waals surface area contributed by atoms with Crippen LogP contribution >= 0.6 is 0 Å². The maximum absolute atomic E-state index is 13.2. The molecule has 3 atom stereocenters. The molecule has 3 aromatic rings. The van der Waals surface area contributed by atoms with Crippen LogP contribution in [0, 0.1) is 5.92 Å². The lowest BCUT2D eigenvalue weighted by Crippen LogP contribution is -2.37. The van der Waals surface area contributed by atoms with Crippen molar-refractivity contribution in [3.8, 4) is 0 Å². The van der Waals surface area contributed by atoms with Crippen molar-refractivity contribution in [2.45, 2.75) is 51.1 Å². The highest BCUT2D eigenvalue weighted by atomic mass is 16.2. The quantitative estimate of drug-likeness (QED) is 0.468. The third-order valence-electron chi connectivity index (χ3n) is 6.96. The van der Waals surface area contributed by atoms with Crippen LogP contribution in [0.1, 0.15) is 71.6 Å². The van der Waals surface area contributed by atoms with Gasteiger partial charge in [0.1, 0.15) is 0 Å². The Kier molecular flexibility index (Phi) is 7.79. The van der Waals surface area contributed by atoms with Gasteiger partial charge >= 0.3 is 0 Å². The smallest absolute Gasteiger partial charge is 0.253 e. The summed E-state index contributed by atoms with van der Waals surface area (Å²) in [5.41, 5.74) is 4.05. The maximum atomic E-state index is 13.2. The largest absolute Gasteiger partial charge is 0.349 e. The molecule has 0 saturated heterocycles. The molecule has 0 unspecified atom stereocenters. The van der Waals surface area contributed by atoms with E-state index in [1.54, 1.807) is 4.90 Å². The van der Waals surface area contributed by atoms with Gasteiger partial charge < -0.3 is 10.2 Å². The molecule has 1 fully saturated rings. The fraction of sp³-hybridized carbons (Fsp3) is 0.333. The average Bonchev–Trinajstić information content (AvgIpc) is 2.89. The molecule has 1 N–H and O–H groups in total. The van der Waals surface area contributed by atoms with Gasteiger partial charge in [-0.25, -0.2) is 0 Å². The molecule has 0 heterocycles. The Morgan fingerprint density at radius 3 is 2.18 bits per heavy atom. The Labute approximate surface area is 203 Å². The Balaban J connectivity index is 1.42. The van der Waals surface area contributed by atoms with Crippen molar-refractivity contribution in [3.05, 3.63) is 107 Å². The zero-order chi connectivity index (χ0) is 23.9. The van der Waals surface area contributed by atoms with Crippen LogP contribution in [0.3, 0.4) is 0 Å². The summed E-state index contributed by atoms with van der Waals surface area (Å²) >= 11 is 0. The summed E-state index contributed by atoms with van der Waals surface area (Å²) in [7, 11) is 1.83. The van der Waals surface area contributed by atoms with E-state index in [2.05, 4.69) is 5.32 Å². The van der Waals surface area contributed by atoms with Gasteiger partial charge in [-0.05, 0) is 54.5 Å². The fourth-order valence-corrected chi connectivity index (χ4v) is 5.01. The van der Waals surface area contributed by atoms with Crippen LogP contribution in [0.15, 0.2) is 84.9 Å². The van der Waals surface area contributed by atoms with E-state index in [-0.39, 0.29) is 29.7 Å². The van der Waals surface area contributed by atoms with Crippen LogP contribution in [-0.4, -0.2) is 23.8 Å². The topological polar surface area (TPSA) is 49.4 Å². The summed E-state index contributed by atoms with van der Waals surface area (Å²) in [6.45, 7) is 2.61. The molecule has 34 heavy (non-hydrogen) atoms. The number of nitrogens with zero attached hydrogens (tertiary/aromatic N) is 1. The van der Waals surface area contributed by atoms with Gasteiger partial charge in [-0.2, -0.15) is 0 Å². The van der Waals surface area contributed by atoms with Gasteiger partial charge in [0.15, 0.2) is 0 Å². The lowest BCUT2D eigenvalue weighted by molar-refractivity contribution is -0.127. The molecule has 4 heteroatoms. The monoisotopic (exact) mass is 454 g/mol. The SMILES string of the molecule is C[C@H](NC(=O)[C@H]1CCCC[C@@H]1c1ccc(C(=O)N(C)Cc2ccccc2)cc1)c1ccccc1. The first-order valence-corrected chi connectivity index (χ1v) is 12.3. The minimum Gasteiger partial charge on any atom is -0.349 e. The molecule has 0 aliphatic heterocycles. The van der Waals surface area contributed by atoms with Gasteiger partial charge in [-0.1, -0.05) is 85.6 Å². The summed E-state index contributed by atoms with van der Waals surface area (Å²) in [6.07, 6.45) is 4.11. The predicted octanol–water partition coefficient (Wildman–Crippen LogP) is 6.11. The minimum atomic E-state index is -0.0396. The molecule has 1 aliphatic carbocycles. The Hall–Kier alpha value is -3.40. The molecule has 4 nitrogen and oxygen atoms in total. The highest BCUT2D eigenvalue weighted by Gasteiger charge is 2.32. The molecular weight excluding hydrogens is 420 g/mol. The number of carbonyl (C=O) groups excluding carboxylic acids is 2. The van der Waals surface area contributed by atoms with Crippen LogP contribution in [0.4, 0.5) is 0 Å². The Morgan fingerprint density at radius 2 is 1.50 bits per heavy atom. The molecule has 1 saturated carbocycles. The van der Waals surface area contributed by atoms with E-state index in [1.807, 2.05) is 98.9 Å². The van der Waals surface area contributed by atoms with E-state index in [9.17, 15) is 9.59 Å². The predicted molar refractivity (Wildman–Crippen MR) is 136 cm³/mol. The van der Waals surface area contributed by atoms with Gasteiger partial charge in [0.2, 0.25) is 5.91 Å². The highest BCUT2D eigenvalue weighted by Crippen LogP contribution is 2.38. The standard InChI is InChI=1S/C30H34N2O2/c1-22(24-13-7-4-8-14-24)31-29(33)28-16-10-9-15-27(28)25-17-19-26(20-18-25)30(34)32(2)21-23-11-5-3-6-12-23/h3-8,11-14,17-20,22,27-28H,9-10,15-16,21H2,1-2H3,(H,31,33)/t22-,27+,28-/m0/s1. The van der Waals surface area contributed by atoms with Crippen LogP contribution < -0.4 is 5.32 Å². The van der Waals surface area contributed by atoms with E-state index in [0.717, 1.165) is 42.4 Å². The molecule has 0 bridgehead atoms. The Bertz CT molecular complexity index is 1080. The number of hydrogen-bond acceptors (Lipinski definition) is 2. The molecular formula is C30H34N2O2. The minimum absolute atomic E-state index is 0.00465. The number of carbonyl (C=O) groups is 2. The number of nitrogens with one attached hydrogen (secondary N) is 1. The van der Waals surface area contributed by atoms with Crippen LogP contribution in [0.2, 0.25) is 0 Å². The summed E-state index contributed by atoms with van der Waals surface area (Å²) < 4.78 is 0. The summed E-state index contributed by atoms with van der Waals surface area (Å²) in [4.78, 5) is 27.9. The summed E-state index contributed by atoms with van der Waals surface area (Å²) in [6, 6.07) is 28.0. The molecule has 0 aromatic heterocycles. The van der Waals surface area contributed by atoms with Crippen LogP contribution in [0.25, 0.3) is 0 Å². The normalized spacial score (nSPS) is 18.6. The van der Waals surface area contributed by atoms with Crippen molar-refractivity contribution in [3.63, 3.8) is 0 Å². The van der Waals surface area contributed by atoms with Crippen molar-refractivity contribution in [2.24, 2.45) is 5.92 Å². The van der Waals surface area contributed by atoms with Gasteiger partial charge in [0.05, 0.1) is 6.04 Å². The first-order valence-electron chi connectivity index (χ1n) is 12.3. The van der Waals surface area contributed by atoms with E-state index in [1.165, 1.54) is 0 Å². The van der Waals surface area contributed by atoms with Gasteiger partial charge in [-0.3, -0.25) is 9.59 Å². The van der Waals surface area contributed by atoms with Crippen molar-refractivity contribution >= 4 is 11.8 Å². The lowest BCUT2D eigenvalue weighted by atomic mass is 9.74. The second kappa shape index (κ2) is 11.1. The van der Waals surface area contributed by atoms with Crippen molar-refractivity contribution in [1.82, 2.24) is 10.2 Å². The number of rotatable bonds is 7. The van der Waals surface area contributed by atoms with Gasteiger partial charge in [0, 0.05) is 25.1 Å². The average molecular weight is 455 g/mol. The molecule has 0 spiro atoms. The first-order chi connectivity index (χ1) is 16.5. The zero-order valence-corrected chi connectivity index (χ0v) is 20.1. The molecule has 2 amide bonds. The zero-order valence-electron chi connectivity index (χ0n) is 20.1. The number of amides is 2. The molecule has 3 aromatic carbocycles. The second-order valence-corrected chi connectivity index (χ2v) is 9.41. The fourth-order valence-electron chi connectivity index (χ4n) is 5.01. The summed E-state index contributed by atoms with van der Waals surface area (Å²) in [5.74, 6) is 0.277. The van der Waals surface area contributed by atoms with Crippen molar-refractivity contribution in [2.75, 3.05) is 7.05 Å². The van der Waals surface area contributed by atoms with E-state index >= 15 is 0 Å². The molecule has 1 aliphatic rings. The second-order valence-electron chi connectivity index (χ2n) is 9.41. The van der Waals surface area contributed by atoms with Crippen molar-refractivity contribution < 1.29 is 9.59 Å². The third-order valence-corrected chi connectivity index (χ3v) is 6.96. The van der Waals surface area contributed by atoms with E-state index < -0.39 is 0 Å². The van der Waals surface area contributed by atoms with Crippen molar-refractivity contribution in [1.29, 1.82) is 0 Å². The molecule has 176 valence electrons. The van der Waals surface area contributed by atoms with E-state index in [0.29, 0.717) is 12.1 Å². The maximum Gasteiger partial charge on any atom is 0.253 e. The molecule has 4 rings (SSSR count). The van der Waals surface area contributed by atoms with E-state index in [4.69, 9.17) is 0 Å². The van der Waals surface area contributed by atoms with Crippen LogP contribution in [0.5, 0.6) is 0 Å². The first kappa shape index (κ1) is 23.7. The van der Waals surface area contributed by atoms with Gasteiger partial charge in [0.25, 0.3) is 5.91 Å². The third kappa shape index (κ3) is 5.74. The molecule has 0 radical (unpaired) electrons. The summed E-state index contributed by atoms with van der Waals surface area (Å²) in [5, 5.41) is 3.23. The lowest BCUT2D eigenvalue weighted by Gasteiger charge is -2.32. The highest BCUT2D eigenvalue weighted by molar-refractivity contribution is 5.94. The van der Waals surface area contributed by atoms with Gasteiger partial charge in [-0.15, -0.1) is 0 Å². The van der Waals surface area contributed by atoms with Crippen LogP contribution in [-0.2, 0) is 11.3 Å².